The quantitative estimate of drug-likeness (QED) is 0.241. The third kappa shape index (κ3) is 5.04. The lowest BCUT2D eigenvalue weighted by Crippen LogP contribution is -2.39. The second-order valence-electron chi connectivity index (χ2n) is 8.69. The van der Waals surface area contributed by atoms with Gasteiger partial charge in [0.25, 0.3) is 0 Å². The second kappa shape index (κ2) is 9.12. The summed E-state index contributed by atoms with van der Waals surface area (Å²) in [5.41, 5.74) is 2.17. The molecule has 0 aliphatic heterocycles. The summed E-state index contributed by atoms with van der Waals surface area (Å²) in [4.78, 5) is 15.8. The Hall–Kier alpha value is -3.48. The molecule has 192 valence electrons. The van der Waals surface area contributed by atoms with Gasteiger partial charge in [-0.2, -0.15) is 0 Å². The molecule has 37 heavy (non-hydrogen) atoms. The minimum Gasteiger partial charge on any atom is -0.456 e. The predicted octanol–water partition coefficient (Wildman–Crippen LogP) is 6.26. The van der Waals surface area contributed by atoms with E-state index in [4.69, 9.17) is 4.42 Å². The number of hydrogen-bond acceptors (Lipinski definition) is 7. The fourth-order valence-electron chi connectivity index (χ4n) is 3.85. The maximum Gasteiger partial charge on any atom is 0.573 e. The SMILES string of the molecule is CC(C)[C@H](C=O)NS(=O)(=O)c1ccc2oc3cc(-c4nc5ccc(OC(F)(F)F)cc5s4)ccc3c2c1. The van der Waals surface area contributed by atoms with E-state index in [9.17, 15) is 26.4 Å². The minimum atomic E-state index is -4.78. The number of nitrogens with one attached hydrogen (secondary N) is 1. The second-order valence-corrected chi connectivity index (χ2v) is 11.4. The topological polar surface area (TPSA) is 98.5 Å². The molecule has 0 unspecified atom stereocenters. The fourth-order valence-corrected chi connectivity index (χ4v) is 6.18. The molecule has 0 bridgehead atoms. The third-order valence-electron chi connectivity index (χ3n) is 5.75. The number of rotatable bonds is 7. The number of carbonyl (C=O) groups is 1. The number of aromatic nitrogens is 1. The number of benzene rings is 3. The van der Waals surface area contributed by atoms with Gasteiger partial charge in [-0.3, -0.25) is 0 Å². The van der Waals surface area contributed by atoms with Gasteiger partial charge in [-0.15, -0.1) is 24.5 Å². The van der Waals surface area contributed by atoms with Crippen molar-refractivity contribution in [2.45, 2.75) is 31.1 Å². The monoisotopic (exact) mass is 548 g/mol. The van der Waals surface area contributed by atoms with Gasteiger partial charge in [-0.1, -0.05) is 19.9 Å². The molecule has 2 aromatic heterocycles. The van der Waals surface area contributed by atoms with Gasteiger partial charge in [0.05, 0.1) is 21.2 Å². The van der Waals surface area contributed by atoms with Crippen molar-refractivity contribution in [1.29, 1.82) is 0 Å². The van der Waals surface area contributed by atoms with Gasteiger partial charge >= 0.3 is 6.36 Å². The average Bonchev–Trinajstić information content (AvgIpc) is 3.41. The third-order valence-corrected chi connectivity index (χ3v) is 8.27. The summed E-state index contributed by atoms with van der Waals surface area (Å²) in [5.74, 6) is -0.536. The highest BCUT2D eigenvalue weighted by Gasteiger charge is 2.31. The van der Waals surface area contributed by atoms with E-state index in [1.54, 1.807) is 38.1 Å². The Labute approximate surface area is 212 Å². The molecule has 0 saturated heterocycles. The molecule has 5 rings (SSSR count). The number of furan rings is 1. The summed E-state index contributed by atoms with van der Waals surface area (Å²) in [7, 11) is -3.95. The predicted molar refractivity (Wildman–Crippen MR) is 134 cm³/mol. The Balaban J connectivity index is 1.50. The number of halogens is 3. The van der Waals surface area contributed by atoms with Gasteiger partial charge in [-0.25, -0.2) is 18.1 Å². The molecule has 12 heteroatoms. The summed E-state index contributed by atoms with van der Waals surface area (Å²) in [6.45, 7) is 3.49. The van der Waals surface area contributed by atoms with Crippen LogP contribution < -0.4 is 9.46 Å². The molecule has 1 atom stereocenters. The molecule has 0 saturated carbocycles. The summed E-state index contributed by atoms with van der Waals surface area (Å²) < 4.78 is 76.2. The lowest BCUT2D eigenvalue weighted by molar-refractivity contribution is -0.274. The molecule has 7 nitrogen and oxygen atoms in total. The van der Waals surface area contributed by atoms with Crippen molar-refractivity contribution in [1.82, 2.24) is 9.71 Å². The molecule has 0 aliphatic carbocycles. The first-order chi connectivity index (χ1) is 17.4. The number of fused-ring (bicyclic) bond motifs is 4. The Morgan fingerprint density at radius 1 is 1.03 bits per heavy atom. The number of alkyl halides is 3. The van der Waals surface area contributed by atoms with Crippen molar-refractivity contribution >= 4 is 59.8 Å². The number of nitrogens with zero attached hydrogens (tertiary/aromatic N) is 1. The zero-order valence-electron chi connectivity index (χ0n) is 19.4. The average molecular weight is 549 g/mol. The number of sulfonamides is 1. The summed E-state index contributed by atoms with van der Waals surface area (Å²) >= 11 is 1.21. The van der Waals surface area contributed by atoms with Crippen LogP contribution in [0.5, 0.6) is 5.75 Å². The first-order valence-electron chi connectivity index (χ1n) is 11.0. The molecular weight excluding hydrogens is 529 g/mol. The van der Waals surface area contributed by atoms with Crippen LogP contribution in [-0.2, 0) is 14.8 Å². The fraction of sp³-hybridized carbons (Fsp3) is 0.200. The van der Waals surface area contributed by atoms with E-state index in [0.29, 0.717) is 49.0 Å². The number of aldehydes is 1. The van der Waals surface area contributed by atoms with Crippen LogP contribution in [0.15, 0.2) is 63.9 Å². The molecular formula is C25H19F3N2O5S2. The Kier molecular flexibility index (Phi) is 6.21. The van der Waals surface area contributed by atoms with Crippen molar-refractivity contribution < 1.29 is 35.5 Å². The summed E-state index contributed by atoms with van der Waals surface area (Å²) in [6.07, 6.45) is -4.21. The smallest absolute Gasteiger partial charge is 0.456 e. The summed E-state index contributed by atoms with van der Waals surface area (Å²) in [5, 5.41) is 1.83. The van der Waals surface area contributed by atoms with Crippen molar-refractivity contribution in [3.8, 4) is 16.3 Å². The van der Waals surface area contributed by atoms with E-state index in [1.165, 1.54) is 41.7 Å². The number of ether oxygens (including phenoxy) is 1. The van der Waals surface area contributed by atoms with Crippen molar-refractivity contribution in [2.75, 3.05) is 0 Å². The van der Waals surface area contributed by atoms with Crippen molar-refractivity contribution in [3.63, 3.8) is 0 Å². The van der Waals surface area contributed by atoms with Crippen LogP contribution in [0, 0.1) is 5.92 Å². The molecule has 0 aliphatic rings. The van der Waals surface area contributed by atoms with Gasteiger partial charge < -0.3 is 13.9 Å². The molecule has 0 spiro atoms. The Morgan fingerprint density at radius 3 is 2.51 bits per heavy atom. The van der Waals surface area contributed by atoms with Crippen molar-refractivity contribution in [3.05, 3.63) is 54.6 Å². The molecule has 2 heterocycles. The highest BCUT2D eigenvalue weighted by molar-refractivity contribution is 7.89. The molecule has 3 aromatic carbocycles. The zero-order valence-corrected chi connectivity index (χ0v) is 21.0. The van der Waals surface area contributed by atoms with Crippen LogP contribution in [0.25, 0.3) is 42.7 Å². The van der Waals surface area contributed by atoms with Crippen LogP contribution >= 0.6 is 11.3 Å². The maximum atomic E-state index is 12.9. The van der Waals surface area contributed by atoms with E-state index in [1.807, 2.05) is 0 Å². The van der Waals surface area contributed by atoms with Crippen LogP contribution in [0.4, 0.5) is 13.2 Å². The Morgan fingerprint density at radius 2 is 1.81 bits per heavy atom. The highest BCUT2D eigenvalue weighted by atomic mass is 32.2. The van der Waals surface area contributed by atoms with Gasteiger partial charge in [-0.05, 0) is 54.4 Å². The molecule has 0 fully saturated rings. The lowest BCUT2D eigenvalue weighted by atomic mass is 10.1. The van der Waals surface area contributed by atoms with E-state index < -0.39 is 22.4 Å². The number of hydrogen-bond donors (Lipinski definition) is 1. The number of thiazole rings is 1. The molecule has 0 amide bonds. The normalized spacial score (nSPS) is 13.6. The van der Waals surface area contributed by atoms with Crippen LogP contribution in [-0.4, -0.2) is 32.1 Å². The lowest BCUT2D eigenvalue weighted by Gasteiger charge is -2.16. The molecule has 1 N–H and O–H groups in total. The first-order valence-corrected chi connectivity index (χ1v) is 13.3. The molecule has 5 aromatic rings. The largest absolute Gasteiger partial charge is 0.573 e. The van der Waals surface area contributed by atoms with E-state index in [-0.39, 0.29) is 16.6 Å². The van der Waals surface area contributed by atoms with Crippen LogP contribution in [0.1, 0.15) is 13.8 Å². The van der Waals surface area contributed by atoms with E-state index >= 15 is 0 Å². The van der Waals surface area contributed by atoms with Crippen LogP contribution in [0.2, 0.25) is 0 Å². The van der Waals surface area contributed by atoms with E-state index in [2.05, 4.69) is 14.4 Å². The van der Waals surface area contributed by atoms with Gasteiger partial charge in [0.15, 0.2) is 0 Å². The maximum absolute atomic E-state index is 12.9. The Bertz CT molecular complexity index is 1760. The van der Waals surface area contributed by atoms with Gasteiger partial charge in [0, 0.05) is 16.3 Å². The number of carbonyl (C=O) groups excluding carboxylic acids is 1. The first kappa shape index (κ1) is 25.2. The summed E-state index contributed by atoms with van der Waals surface area (Å²) in [6, 6.07) is 12.8. The van der Waals surface area contributed by atoms with E-state index in [0.717, 1.165) is 0 Å². The standard InChI is InChI=1S/C25H19F3N2O5S2/c1-13(2)20(12-31)30-37(32,33)16-5-8-21-18(11-16)17-6-3-14(9-22(17)34-21)24-29-19-7-4-15(10-23(19)36-24)35-25(26,27)28/h3-13,20,30H,1-2H3/t20-/m0/s1. The van der Waals surface area contributed by atoms with Gasteiger partial charge in [0.1, 0.15) is 28.2 Å². The minimum absolute atomic E-state index is 0.00216. The zero-order chi connectivity index (χ0) is 26.5. The van der Waals surface area contributed by atoms with Crippen LogP contribution in [0.3, 0.4) is 0 Å². The highest BCUT2D eigenvalue weighted by Crippen LogP contribution is 2.37. The van der Waals surface area contributed by atoms with Crippen molar-refractivity contribution in [2.24, 2.45) is 5.92 Å². The van der Waals surface area contributed by atoms with Gasteiger partial charge in [0.2, 0.25) is 10.0 Å². The molecule has 0 radical (unpaired) electrons.